The van der Waals surface area contributed by atoms with Gasteiger partial charge in [-0.25, -0.2) is 0 Å². The van der Waals surface area contributed by atoms with Crippen molar-refractivity contribution in [3.05, 3.63) is 130 Å². The Kier molecular flexibility index (Phi) is 6.84. The minimum Gasteiger partial charge on any atom is -0.0610 e. The van der Waals surface area contributed by atoms with Gasteiger partial charge in [0.1, 0.15) is 0 Å². The van der Waals surface area contributed by atoms with Crippen molar-refractivity contribution in [2.45, 2.75) is 52.4 Å². The van der Waals surface area contributed by atoms with Gasteiger partial charge in [0.15, 0.2) is 0 Å². The van der Waals surface area contributed by atoms with Crippen molar-refractivity contribution < 1.29 is 0 Å². The molecule has 0 bridgehead atoms. The number of benzene rings is 5. The molecule has 0 nitrogen and oxygen atoms in total. The van der Waals surface area contributed by atoms with Gasteiger partial charge < -0.3 is 0 Å². The maximum Gasteiger partial charge on any atom is -0.00992 e. The van der Waals surface area contributed by atoms with Crippen LogP contribution in [0.4, 0.5) is 0 Å². The van der Waals surface area contributed by atoms with Crippen LogP contribution >= 0.6 is 0 Å². The van der Waals surface area contributed by atoms with Crippen molar-refractivity contribution in [3.8, 4) is 0 Å². The molecule has 0 saturated heterocycles. The first-order valence-electron chi connectivity index (χ1n) is 13.6. The predicted octanol–water partition coefficient (Wildman–Crippen LogP) is 10.9. The van der Waals surface area contributed by atoms with Crippen LogP contribution in [0.25, 0.3) is 45.8 Å². The molecule has 0 saturated carbocycles. The standard InChI is InChI=1S/C38H38/c1-37(2,3)31-21-15-27(16-22-31)13-19-29-9-7-11-35-33(29)25-26-34-30(10-8-12-36(34)35)20-14-28-17-23-32(24-18-28)38(4,5)6/h7-26H,1-6H3/b19-13+,20-14+. The van der Waals surface area contributed by atoms with Gasteiger partial charge in [-0.1, -0.05) is 163 Å². The average Bonchev–Trinajstić information content (AvgIpc) is 2.90. The summed E-state index contributed by atoms with van der Waals surface area (Å²) in [5, 5.41) is 5.14. The molecule has 0 fully saturated rings. The van der Waals surface area contributed by atoms with Crippen LogP contribution in [0.15, 0.2) is 97.1 Å². The Bertz CT molecular complexity index is 1500. The topological polar surface area (TPSA) is 0 Å². The lowest BCUT2D eigenvalue weighted by molar-refractivity contribution is 0.590. The largest absolute Gasteiger partial charge is 0.0610 e. The van der Waals surface area contributed by atoms with Crippen molar-refractivity contribution >= 4 is 45.8 Å². The van der Waals surface area contributed by atoms with Gasteiger partial charge in [-0.15, -0.1) is 0 Å². The Labute approximate surface area is 228 Å². The molecule has 5 rings (SSSR count). The predicted molar refractivity (Wildman–Crippen MR) is 170 cm³/mol. The molecule has 0 heterocycles. The van der Waals surface area contributed by atoms with Gasteiger partial charge in [0.2, 0.25) is 0 Å². The molecule has 5 aromatic rings. The first-order valence-corrected chi connectivity index (χ1v) is 13.6. The summed E-state index contributed by atoms with van der Waals surface area (Å²) in [5.41, 5.74) is 7.98. The molecule has 0 heteroatoms. The lowest BCUT2D eigenvalue weighted by Crippen LogP contribution is -2.10. The summed E-state index contributed by atoms with van der Waals surface area (Å²) in [5.74, 6) is 0. The molecule has 0 aliphatic heterocycles. The van der Waals surface area contributed by atoms with Crippen LogP contribution in [-0.4, -0.2) is 0 Å². The minimum atomic E-state index is 0.170. The molecule has 0 aromatic heterocycles. The fourth-order valence-electron chi connectivity index (χ4n) is 5.03. The number of rotatable bonds is 4. The first-order chi connectivity index (χ1) is 18.1. The highest BCUT2D eigenvalue weighted by molar-refractivity contribution is 6.12. The minimum absolute atomic E-state index is 0.170. The normalized spacial score (nSPS) is 12.8. The van der Waals surface area contributed by atoms with Gasteiger partial charge in [-0.2, -0.15) is 0 Å². The molecule has 0 aliphatic rings. The number of hydrogen-bond acceptors (Lipinski definition) is 0. The lowest BCUT2D eigenvalue weighted by atomic mass is 9.86. The zero-order valence-electron chi connectivity index (χ0n) is 23.5. The van der Waals surface area contributed by atoms with Crippen LogP contribution in [0, 0.1) is 0 Å². The van der Waals surface area contributed by atoms with Crippen LogP contribution in [0.1, 0.15) is 74.9 Å². The molecule has 0 spiro atoms. The molecule has 38 heavy (non-hydrogen) atoms. The summed E-state index contributed by atoms with van der Waals surface area (Å²) in [4.78, 5) is 0. The quantitative estimate of drug-likeness (QED) is 0.172. The molecule has 5 aromatic carbocycles. The van der Waals surface area contributed by atoms with Crippen LogP contribution in [-0.2, 0) is 10.8 Å². The lowest BCUT2D eigenvalue weighted by Gasteiger charge is -2.18. The molecule has 0 N–H and O–H groups in total. The fraction of sp³-hybridized carbons (Fsp3) is 0.211. The monoisotopic (exact) mass is 494 g/mol. The van der Waals surface area contributed by atoms with E-state index in [4.69, 9.17) is 0 Å². The molecule has 0 unspecified atom stereocenters. The fourth-order valence-corrected chi connectivity index (χ4v) is 5.03. The van der Waals surface area contributed by atoms with Gasteiger partial charge in [0.05, 0.1) is 0 Å². The van der Waals surface area contributed by atoms with E-state index in [2.05, 4.69) is 163 Å². The van der Waals surface area contributed by atoms with Crippen molar-refractivity contribution in [1.29, 1.82) is 0 Å². The van der Waals surface area contributed by atoms with Crippen LogP contribution in [0.5, 0.6) is 0 Å². The van der Waals surface area contributed by atoms with E-state index < -0.39 is 0 Å². The van der Waals surface area contributed by atoms with Gasteiger partial charge in [0.25, 0.3) is 0 Å². The summed E-state index contributed by atoms with van der Waals surface area (Å²) in [7, 11) is 0. The summed E-state index contributed by atoms with van der Waals surface area (Å²) in [6, 6.07) is 35.6. The highest BCUT2D eigenvalue weighted by Gasteiger charge is 2.13. The Morgan fingerprint density at radius 2 is 0.737 bits per heavy atom. The van der Waals surface area contributed by atoms with Crippen molar-refractivity contribution in [2.75, 3.05) is 0 Å². The SMILES string of the molecule is CC(C)(C)c1ccc(/C=C/c2cccc3c2ccc2c(/C=C/c4ccc(C(C)(C)C)cc4)cccc23)cc1. The molecule has 0 radical (unpaired) electrons. The molecular formula is C38H38. The summed E-state index contributed by atoms with van der Waals surface area (Å²) in [6.07, 6.45) is 8.92. The highest BCUT2D eigenvalue weighted by atomic mass is 14.2. The Morgan fingerprint density at radius 1 is 0.368 bits per heavy atom. The highest BCUT2D eigenvalue weighted by Crippen LogP contribution is 2.32. The van der Waals surface area contributed by atoms with Crippen molar-refractivity contribution in [1.82, 2.24) is 0 Å². The third kappa shape index (κ3) is 5.50. The second-order valence-corrected chi connectivity index (χ2v) is 12.4. The van der Waals surface area contributed by atoms with E-state index in [9.17, 15) is 0 Å². The molecule has 0 amide bonds. The Balaban J connectivity index is 1.46. The van der Waals surface area contributed by atoms with E-state index in [1.165, 1.54) is 54.9 Å². The maximum absolute atomic E-state index is 2.27. The second-order valence-electron chi connectivity index (χ2n) is 12.4. The molecule has 0 atom stereocenters. The van der Waals surface area contributed by atoms with E-state index in [0.717, 1.165) is 0 Å². The van der Waals surface area contributed by atoms with Crippen LogP contribution < -0.4 is 0 Å². The first kappa shape index (κ1) is 25.7. The smallest absolute Gasteiger partial charge is 0.00992 e. The summed E-state index contributed by atoms with van der Waals surface area (Å²) in [6.45, 7) is 13.5. The van der Waals surface area contributed by atoms with Gasteiger partial charge >= 0.3 is 0 Å². The average molecular weight is 495 g/mol. The van der Waals surface area contributed by atoms with E-state index in [1.54, 1.807) is 0 Å². The van der Waals surface area contributed by atoms with E-state index in [1.807, 2.05) is 0 Å². The zero-order valence-corrected chi connectivity index (χ0v) is 23.5. The van der Waals surface area contributed by atoms with Gasteiger partial charge in [-0.05, 0) is 65.8 Å². The van der Waals surface area contributed by atoms with Gasteiger partial charge in [-0.3, -0.25) is 0 Å². The van der Waals surface area contributed by atoms with E-state index in [0.29, 0.717) is 0 Å². The zero-order chi connectivity index (χ0) is 26.9. The molecule has 0 aliphatic carbocycles. The Hall–Kier alpha value is -3.90. The van der Waals surface area contributed by atoms with Crippen molar-refractivity contribution in [2.24, 2.45) is 0 Å². The van der Waals surface area contributed by atoms with Crippen LogP contribution in [0.3, 0.4) is 0 Å². The number of fused-ring (bicyclic) bond motifs is 3. The molecular weight excluding hydrogens is 456 g/mol. The van der Waals surface area contributed by atoms with E-state index in [-0.39, 0.29) is 10.8 Å². The second kappa shape index (κ2) is 10.1. The third-order valence-electron chi connectivity index (χ3n) is 7.45. The molecule has 190 valence electrons. The van der Waals surface area contributed by atoms with Gasteiger partial charge in [0, 0.05) is 0 Å². The van der Waals surface area contributed by atoms with Crippen molar-refractivity contribution in [3.63, 3.8) is 0 Å². The summed E-state index contributed by atoms with van der Waals surface area (Å²) < 4.78 is 0. The third-order valence-corrected chi connectivity index (χ3v) is 7.45. The van der Waals surface area contributed by atoms with E-state index >= 15 is 0 Å². The van der Waals surface area contributed by atoms with Crippen LogP contribution in [0.2, 0.25) is 0 Å². The Morgan fingerprint density at radius 3 is 1.08 bits per heavy atom. The number of hydrogen-bond donors (Lipinski definition) is 0. The maximum atomic E-state index is 2.27. The summed E-state index contributed by atoms with van der Waals surface area (Å²) >= 11 is 0.